The third-order valence-electron chi connectivity index (χ3n) is 4.55. The molecular formula is C22H27F3N2O5. The molecule has 0 unspecified atom stereocenters. The van der Waals surface area contributed by atoms with Crippen LogP contribution < -0.4 is 16.0 Å². The standard InChI is InChI=1S/C22H27F3N2O5/c1-13(9-30-3)10-31-11-14(2)12-32-16-6-4-15(5-7-16)17-8-18(20(26)28)21(29)27-19(17)22(23,24)25/h4-8,13-14H,9-12H2,1-3H3,(H2,26,28)(H,27,29)/t13-,14-/m1/s1. The molecule has 1 aromatic heterocycles. The van der Waals surface area contributed by atoms with Gasteiger partial charge in [0.15, 0.2) is 0 Å². The van der Waals surface area contributed by atoms with Crippen molar-refractivity contribution in [3.8, 4) is 16.9 Å². The predicted octanol–water partition coefficient (Wildman–Crippen LogP) is 3.47. The number of hydrogen-bond donors (Lipinski definition) is 2. The summed E-state index contributed by atoms with van der Waals surface area (Å²) in [6, 6.07) is 6.70. The Balaban J connectivity index is 2.08. The molecule has 3 N–H and O–H groups in total. The number of methoxy groups -OCH3 is 1. The number of rotatable bonds is 11. The maximum absolute atomic E-state index is 13.4. The number of alkyl halides is 3. The molecule has 2 rings (SSSR count). The predicted molar refractivity (Wildman–Crippen MR) is 113 cm³/mol. The minimum absolute atomic E-state index is 0.0959. The Bertz CT molecular complexity index is 958. The van der Waals surface area contributed by atoms with Crippen LogP contribution in [0.2, 0.25) is 0 Å². The first-order chi connectivity index (χ1) is 15.0. The molecule has 7 nitrogen and oxygen atoms in total. The maximum atomic E-state index is 13.4. The van der Waals surface area contributed by atoms with Crippen molar-refractivity contribution in [3.05, 3.63) is 51.9 Å². The zero-order valence-electron chi connectivity index (χ0n) is 18.1. The molecule has 0 saturated heterocycles. The van der Waals surface area contributed by atoms with Crippen molar-refractivity contribution >= 4 is 5.91 Å². The molecule has 2 aromatic rings. The van der Waals surface area contributed by atoms with Crippen molar-refractivity contribution in [2.24, 2.45) is 17.6 Å². The highest BCUT2D eigenvalue weighted by molar-refractivity contribution is 5.93. The van der Waals surface area contributed by atoms with Crippen LogP contribution in [-0.4, -0.2) is 44.4 Å². The van der Waals surface area contributed by atoms with Crippen LogP contribution in [0, 0.1) is 11.8 Å². The molecule has 0 aliphatic rings. The normalized spacial score (nSPS) is 13.6. The molecule has 0 saturated carbocycles. The number of ether oxygens (including phenoxy) is 3. The lowest BCUT2D eigenvalue weighted by Crippen LogP contribution is -2.27. The molecule has 0 spiro atoms. The minimum Gasteiger partial charge on any atom is -0.493 e. The number of nitrogens with two attached hydrogens (primary N) is 1. The number of halogens is 3. The van der Waals surface area contributed by atoms with Gasteiger partial charge >= 0.3 is 6.18 Å². The molecule has 0 bridgehead atoms. The molecule has 0 aliphatic carbocycles. The number of aromatic nitrogens is 1. The topological polar surface area (TPSA) is 104 Å². The van der Waals surface area contributed by atoms with Crippen LogP contribution in [0.1, 0.15) is 29.9 Å². The second kappa shape index (κ2) is 11.1. The van der Waals surface area contributed by atoms with Crippen molar-refractivity contribution < 1.29 is 32.2 Å². The molecule has 2 atom stereocenters. The number of hydrogen-bond acceptors (Lipinski definition) is 5. The average molecular weight is 456 g/mol. The quantitative estimate of drug-likeness (QED) is 0.539. The number of pyridine rings is 1. The van der Waals surface area contributed by atoms with Crippen molar-refractivity contribution in [2.75, 3.05) is 33.5 Å². The fourth-order valence-corrected chi connectivity index (χ4v) is 2.98. The van der Waals surface area contributed by atoms with Gasteiger partial charge in [0, 0.05) is 24.5 Å². The van der Waals surface area contributed by atoms with E-state index < -0.39 is 28.9 Å². The van der Waals surface area contributed by atoms with Crippen molar-refractivity contribution in [3.63, 3.8) is 0 Å². The van der Waals surface area contributed by atoms with Gasteiger partial charge in [-0.3, -0.25) is 9.59 Å². The van der Waals surface area contributed by atoms with Gasteiger partial charge in [-0.05, 0) is 23.8 Å². The van der Waals surface area contributed by atoms with Crippen LogP contribution in [-0.2, 0) is 15.7 Å². The van der Waals surface area contributed by atoms with Crippen molar-refractivity contribution in [2.45, 2.75) is 20.0 Å². The van der Waals surface area contributed by atoms with E-state index in [-0.39, 0.29) is 23.0 Å². The summed E-state index contributed by atoms with van der Waals surface area (Å²) in [5.41, 5.74) is 1.89. The molecule has 1 heterocycles. The summed E-state index contributed by atoms with van der Waals surface area (Å²) in [5, 5.41) is 0. The summed E-state index contributed by atoms with van der Waals surface area (Å²) in [5.74, 6) is -0.278. The van der Waals surface area contributed by atoms with E-state index in [1.807, 2.05) is 13.8 Å². The first kappa shape index (κ1) is 25.4. The van der Waals surface area contributed by atoms with E-state index in [9.17, 15) is 22.8 Å². The van der Waals surface area contributed by atoms with Gasteiger partial charge in [-0.25, -0.2) is 0 Å². The Hall–Kier alpha value is -2.85. The van der Waals surface area contributed by atoms with Gasteiger partial charge in [-0.2, -0.15) is 13.2 Å². The van der Waals surface area contributed by atoms with E-state index in [4.69, 9.17) is 19.9 Å². The Labute approximate surface area is 183 Å². The van der Waals surface area contributed by atoms with Gasteiger partial charge in [0.1, 0.15) is 17.0 Å². The van der Waals surface area contributed by atoms with Crippen molar-refractivity contribution in [1.29, 1.82) is 0 Å². The average Bonchev–Trinajstić information content (AvgIpc) is 2.72. The van der Waals surface area contributed by atoms with E-state index in [0.29, 0.717) is 32.2 Å². The monoisotopic (exact) mass is 456 g/mol. The van der Waals surface area contributed by atoms with Gasteiger partial charge in [0.05, 0.1) is 26.4 Å². The largest absolute Gasteiger partial charge is 0.493 e. The fourth-order valence-electron chi connectivity index (χ4n) is 2.98. The molecule has 0 aliphatic heterocycles. The van der Waals surface area contributed by atoms with E-state index in [2.05, 4.69) is 0 Å². The number of amides is 1. The second-order valence-corrected chi connectivity index (χ2v) is 7.70. The van der Waals surface area contributed by atoms with Crippen LogP contribution >= 0.6 is 0 Å². The Morgan fingerprint density at radius 1 is 1.06 bits per heavy atom. The molecular weight excluding hydrogens is 429 g/mol. The van der Waals surface area contributed by atoms with Gasteiger partial charge in [-0.15, -0.1) is 0 Å². The zero-order chi connectivity index (χ0) is 23.9. The molecule has 1 amide bonds. The summed E-state index contributed by atoms with van der Waals surface area (Å²) in [4.78, 5) is 24.9. The minimum atomic E-state index is -4.82. The smallest absolute Gasteiger partial charge is 0.431 e. The number of carbonyl (C=O) groups is 1. The zero-order valence-corrected chi connectivity index (χ0v) is 18.1. The van der Waals surface area contributed by atoms with E-state index in [0.717, 1.165) is 6.07 Å². The Kier molecular flexibility index (Phi) is 8.85. The molecule has 10 heteroatoms. The lowest BCUT2D eigenvalue weighted by atomic mass is 10.0. The highest BCUT2D eigenvalue weighted by Crippen LogP contribution is 2.35. The maximum Gasteiger partial charge on any atom is 0.431 e. The van der Waals surface area contributed by atoms with Crippen LogP contribution in [0.4, 0.5) is 13.2 Å². The van der Waals surface area contributed by atoms with Crippen LogP contribution in [0.5, 0.6) is 5.75 Å². The Morgan fingerprint density at radius 2 is 1.66 bits per heavy atom. The molecule has 176 valence electrons. The van der Waals surface area contributed by atoms with Crippen LogP contribution in [0.25, 0.3) is 11.1 Å². The lowest BCUT2D eigenvalue weighted by molar-refractivity contribution is -0.140. The fraction of sp³-hybridized carbons (Fsp3) is 0.455. The number of aromatic amines is 1. The van der Waals surface area contributed by atoms with Gasteiger partial charge < -0.3 is 24.9 Å². The van der Waals surface area contributed by atoms with Crippen LogP contribution in [0.15, 0.2) is 35.1 Å². The van der Waals surface area contributed by atoms with Gasteiger partial charge in [0.25, 0.3) is 11.5 Å². The number of H-pyrrole nitrogens is 1. The summed E-state index contributed by atoms with van der Waals surface area (Å²) in [6.45, 7) is 6.01. The number of primary amides is 1. The number of carbonyl (C=O) groups excluding carboxylic acids is 1. The molecule has 0 fully saturated rings. The summed E-state index contributed by atoms with van der Waals surface area (Å²) >= 11 is 0. The van der Waals surface area contributed by atoms with Gasteiger partial charge in [-0.1, -0.05) is 26.0 Å². The lowest BCUT2D eigenvalue weighted by Gasteiger charge is -2.16. The summed E-state index contributed by atoms with van der Waals surface area (Å²) in [6.07, 6.45) is -4.82. The number of benzene rings is 1. The van der Waals surface area contributed by atoms with Crippen LogP contribution in [0.3, 0.4) is 0 Å². The molecule has 0 radical (unpaired) electrons. The molecule has 32 heavy (non-hydrogen) atoms. The van der Waals surface area contributed by atoms with E-state index in [1.165, 1.54) is 24.3 Å². The number of nitrogens with one attached hydrogen (secondary N) is 1. The first-order valence-corrected chi connectivity index (χ1v) is 9.97. The highest BCUT2D eigenvalue weighted by Gasteiger charge is 2.36. The first-order valence-electron chi connectivity index (χ1n) is 9.97. The molecule has 1 aromatic carbocycles. The van der Waals surface area contributed by atoms with E-state index in [1.54, 1.807) is 12.1 Å². The third kappa shape index (κ3) is 7.10. The Morgan fingerprint density at radius 3 is 2.19 bits per heavy atom. The SMILES string of the molecule is COC[C@@H](C)COC[C@@H](C)COc1ccc(-c2cc(C(N)=O)c(=O)[nH]c2C(F)(F)F)cc1. The third-order valence-corrected chi connectivity index (χ3v) is 4.55. The summed E-state index contributed by atoms with van der Waals surface area (Å²) < 4.78 is 56.6. The van der Waals surface area contributed by atoms with E-state index >= 15 is 0 Å². The van der Waals surface area contributed by atoms with Crippen molar-refractivity contribution in [1.82, 2.24) is 4.98 Å². The highest BCUT2D eigenvalue weighted by atomic mass is 19.4. The van der Waals surface area contributed by atoms with Gasteiger partial charge in [0.2, 0.25) is 0 Å². The second-order valence-electron chi connectivity index (χ2n) is 7.70. The summed E-state index contributed by atoms with van der Waals surface area (Å²) in [7, 11) is 1.63.